The van der Waals surface area contributed by atoms with Gasteiger partial charge in [-0.2, -0.15) is 0 Å². The molecule has 0 spiro atoms. The van der Waals surface area contributed by atoms with Gasteiger partial charge in [-0.1, -0.05) is 0 Å². The van der Waals surface area contributed by atoms with E-state index in [-0.39, 0.29) is 0 Å². The van der Waals surface area contributed by atoms with Gasteiger partial charge in [-0.15, -0.1) is 0 Å². The molecule has 4 unspecified atom stereocenters. The van der Waals surface area contributed by atoms with Crippen LogP contribution in [0.2, 0.25) is 13.9 Å². The molecule has 3 rings (SSSR count). The second-order valence-corrected chi connectivity index (χ2v) is 16.8. The molecule has 0 amide bonds. The Hall–Kier alpha value is 3.06. The second-order valence-electron chi connectivity index (χ2n) is 4.54. The number of hydrogen-bond donors (Lipinski definition) is 0. The fourth-order valence-electron chi connectivity index (χ4n) is 1.94. The summed E-state index contributed by atoms with van der Waals surface area (Å²) in [6.45, 7) is 0. The predicted octanol–water partition coefficient (Wildman–Crippen LogP) is 1.05. The number of thioether (sulfide) groups is 2. The first-order valence-corrected chi connectivity index (χ1v) is 14.6. The van der Waals surface area contributed by atoms with Crippen molar-refractivity contribution in [3.05, 3.63) is 0 Å². The minimum atomic E-state index is 0.941. The van der Waals surface area contributed by atoms with Gasteiger partial charge in [-0.05, 0) is 0 Å². The van der Waals surface area contributed by atoms with E-state index in [9.17, 15) is 0 Å². The van der Waals surface area contributed by atoms with Gasteiger partial charge in [0.15, 0.2) is 0 Å². The Morgan fingerprint density at radius 2 is 1.35 bits per heavy atom. The van der Waals surface area contributed by atoms with E-state index in [1.54, 1.807) is 4.22 Å². The predicted molar refractivity (Wildman–Crippen MR) is 87.1 cm³/mol. The molecule has 94 valence electrons. The maximum absolute atomic E-state index is 2.39. The zero-order valence-corrected chi connectivity index (χ0v) is 19.0. The summed E-state index contributed by atoms with van der Waals surface area (Å²) in [6, 6.07) is 0. The summed E-state index contributed by atoms with van der Waals surface area (Å²) in [7, 11) is 0. The van der Waals surface area contributed by atoms with E-state index in [2.05, 4.69) is 67.2 Å². The van der Waals surface area contributed by atoms with E-state index in [1.807, 2.05) is 7.10 Å². The molecule has 0 N–H and O–H groups in total. The minimum absolute atomic E-state index is 0.941. The Morgan fingerprint density at radius 1 is 0.941 bits per heavy atom. The standard InChI is InChI=1S/C11H14S2Se2Te2/c16-8(1-6-3-12-6)10-11(15-5-14-10)9(17)2-7-4-13-7/h6-7,10-11H,1-5H2. The van der Waals surface area contributed by atoms with Crippen molar-refractivity contribution in [1.82, 2.24) is 0 Å². The second kappa shape index (κ2) is 6.88. The van der Waals surface area contributed by atoms with Gasteiger partial charge in [-0.3, -0.25) is 0 Å². The summed E-state index contributed by atoms with van der Waals surface area (Å²) >= 11 is 11.0. The number of rotatable bonds is 6. The quantitative estimate of drug-likeness (QED) is 0.321. The zero-order chi connectivity index (χ0) is 11.8. The Bertz CT molecular complexity index is 310. The first-order chi connectivity index (χ1) is 8.24. The van der Waals surface area contributed by atoms with Crippen LogP contribution in [-0.4, -0.2) is 103 Å². The zero-order valence-electron chi connectivity index (χ0n) is 9.29. The Morgan fingerprint density at radius 3 is 1.71 bits per heavy atom. The van der Waals surface area contributed by atoms with E-state index < -0.39 is 0 Å². The van der Waals surface area contributed by atoms with Gasteiger partial charge in [-0.25, -0.2) is 0 Å². The molecular weight excluding hydrogens is 609 g/mol. The third-order valence-corrected chi connectivity index (χ3v) is 17.8. The van der Waals surface area contributed by atoms with Crippen molar-refractivity contribution in [3.8, 4) is 0 Å². The van der Waals surface area contributed by atoms with Gasteiger partial charge >= 0.3 is 153 Å². The topological polar surface area (TPSA) is 0 Å². The van der Waals surface area contributed by atoms with E-state index in [0.29, 0.717) is 0 Å². The molecule has 0 aromatic carbocycles. The average Bonchev–Trinajstić information content (AvgIpc) is 3.21. The molecule has 3 fully saturated rings. The summed E-state index contributed by atoms with van der Waals surface area (Å²) in [5.74, 6) is 2.88. The Balaban J connectivity index is 1.57. The van der Waals surface area contributed by atoms with Crippen LogP contribution in [0.4, 0.5) is 0 Å². The molecule has 0 nitrogen and oxygen atoms in total. The molecular formula is C11H14S2Se2Te2. The van der Waals surface area contributed by atoms with Crippen LogP contribution in [0, 0.1) is 0 Å². The SMILES string of the molecule is [Te]=C(CC1CS1)C1[Se]C[Se]C1C(=[Te])CC1CS1. The molecule has 3 saturated heterocycles. The first kappa shape index (κ1) is 15.0. The van der Waals surface area contributed by atoms with Crippen LogP contribution in [0.15, 0.2) is 0 Å². The van der Waals surface area contributed by atoms with Crippen LogP contribution in [0.25, 0.3) is 0 Å². The maximum atomic E-state index is 2.39. The number of hydrogen-bond acceptors (Lipinski definition) is 2. The van der Waals surface area contributed by atoms with Crippen LogP contribution in [0.3, 0.4) is 0 Å². The third kappa shape index (κ3) is 4.51. The molecule has 4 atom stereocenters. The third-order valence-electron chi connectivity index (χ3n) is 3.07. The van der Waals surface area contributed by atoms with E-state index >= 15 is 0 Å². The molecule has 0 bridgehead atoms. The first-order valence-electron chi connectivity index (χ1n) is 5.76. The van der Waals surface area contributed by atoms with Crippen LogP contribution in [0.1, 0.15) is 12.8 Å². The fraction of sp³-hybridized carbons (Fsp3) is 0.818. The van der Waals surface area contributed by atoms with Crippen molar-refractivity contribution in [2.45, 2.75) is 37.2 Å². The van der Waals surface area contributed by atoms with Crippen molar-refractivity contribution in [2.75, 3.05) is 11.5 Å². The molecule has 3 aliphatic rings. The average molecular weight is 623 g/mol. The summed E-state index contributed by atoms with van der Waals surface area (Å²) in [6.07, 6.45) is 2.89. The summed E-state index contributed by atoms with van der Waals surface area (Å²) in [4.78, 5) is 2.08. The fourth-order valence-corrected chi connectivity index (χ4v) is 18.0. The van der Waals surface area contributed by atoms with Gasteiger partial charge in [0.1, 0.15) is 0 Å². The Labute approximate surface area is 150 Å². The molecule has 6 heteroatoms. The monoisotopic (exact) mass is 630 g/mol. The Kier molecular flexibility index (Phi) is 6.06. The molecule has 0 saturated carbocycles. The summed E-state index contributed by atoms with van der Waals surface area (Å²) < 4.78 is 5.36. The van der Waals surface area contributed by atoms with E-state index in [1.165, 1.54) is 24.3 Å². The molecule has 0 radical (unpaired) electrons. The summed E-state index contributed by atoms with van der Waals surface area (Å²) in [5.41, 5.74) is 0. The van der Waals surface area contributed by atoms with Crippen molar-refractivity contribution < 1.29 is 0 Å². The van der Waals surface area contributed by atoms with Crippen LogP contribution < -0.4 is 0 Å². The van der Waals surface area contributed by atoms with Crippen LogP contribution in [0.5, 0.6) is 0 Å². The van der Waals surface area contributed by atoms with Gasteiger partial charge < -0.3 is 0 Å². The molecule has 3 heterocycles. The molecule has 17 heavy (non-hydrogen) atoms. The van der Waals surface area contributed by atoms with Gasteiger partial charge in [0.25, 0.3) is 0 Å². The molecule has 0 aromatic heterocycles. The molecule has 0 aromatic rings. The van der Waals surface area contributed by atoms with Gasteiger partial charge in [0.2, 0.25) is 0 Å². The van der Waals surface area contributed by atoms with Crippen molar-refractivity contribution in [1.29, 1.82) is 0 Å². The normalized spacial score (nSPS) is 39.1. The van der Waals surface area contributed by atoms with Crippen molar-refractivity contribution >= 4 is 104 Å². The van der Waals surface area contributed by atoms with Crippen molar-refractivity contribution in [3.63, 3.8) is 0 Å². The van der Waals surface area contributed by atoms with Crippen LogP contribution >= 0.6 is 23.5 Å². The van der Waals surface area contributed by atoms with Gasteiger partial charge in [0, 0.05) is 0 Å². The van der Waals surface area contributed by atoms with E-state index in [4.69, 9.17) is 0 Å². The van der Waals surface area contributed by atoms with E-state index in [0.717, 1.165) is 50.0 Å². The molecule has 0 aliphatic carbocycles. The van der Waals surface area contributed by atoms with Crippen molar-refractivity contribution in [2.24, 2.45) is 0 Å². The molecule has 3 aliphatic heterocycles. The van der Waals surface area contributed by atoms with Crippen LogP contribution in [-0.2, 0) is 0 Å². The van der Waals surface area contributed by atoms with Gasteiger partial charge in [0.05, 0.1) is 0 Å². The summed E-state index contributed by atoms with van der Waals surface area (Å²) in [5, 5.41) is 2.03.